The molecule has 1 aromatic carbocycles. The molecule has 1 nitrogen and oxygen atoms in total. The van der Waals surface area contributed by atoms with Gasteiger partial charge < -0.3 is 4.74 Å². The zero-order chi connectivity index (χ0) is 9.86. The van der Waals surface area contributed by atoms with Crippen molar-refractivity contribution in [3.05, 3.63) is 48.0 Å². The largest absolute Gasteiger partial charge is 0.373 e. The monoisotopic (exact) mass is 192 g/mol. The summed E-state index contributed by atoms with van der Waals surface area (Å²) in [5.41, 5.74) is -0.117. The van der Waals surface area contributed by atoms with Crippen molar-refractivity contribution in [2.45, 2.75) is 18.7 Å². The third kappa shape index (κ3) is 2.20. The minimum Gasteiger partial charge on any atom is -0.373 e. The highest BCUT2D eigenvalue weighted by atomic mass is 19.1. The van der Waals surface area contributed by atoms with Crippen LogP contribution in [0.4, 0.5) is 4.39 Å². The van der Waals surface area contributed by atoms with Gasteiger partial charge in [-0.3, -0.25) is 0 Å². The van der Waals surface area contributed by atoms with Gasteiger partial charge in [-0.25, -0.2) is 4.39 Å². The van der Waals surface area contributed by atoms with E-state index in [1.807, 2.05) is 36.4 Å². The van der Waals surface area contributed by atoms with Crippen molar-refractivity contribution < 1.29 is 9.13 Å². The fraction of sp³-hybridized carbons (Fsp3) is 0.333. The third-order valence-corrected chi connectivity index (χ3v) is 2.33. The van der Waals surface area contributed by atoms with E-state index in [-0.39, 0.29) is 6.61 Å². The van der Waals surface area contributed by atoms with E-state index >= 15 is 0 Å². The number of hydrogen-bond acceptors (Lipinski definition) is 1. The Kier molecular flexibility index (Phi) is 2.64. The van der Waals surface area contributed by atoms with Gasteiger partial charge in [0.25, 0.3) is 0 Å². The number of ether oxygens (including phenoxy) is 1. The summed E-state index contributed by atoms with van der Waals surface area (Å²) >= 11 is 0. The van der Waals surface area contributed by atoms with E-state index < -0.39 is 5.67 Å². The SMILES string of the molecule is FC1(COCc2ccccc2)C=CC1. The van der Waals surface area contributed by atoms with E-state index in [0.29, 0.717) is 13.0 Å². The molecule has 1 unspecified atom stereocenters. The van der Waals surface area contributed by atoms with E-state index in [9.17, 15) is 4.39 Å². The standard InChI is InChI=1S/C12H13FO/c13-12(7-4-8-12)10-14-9-11-5-2-1-3-6-11/h1-7H,8-10H2. The molecule has 0 fully saturated rings. The lowest BCUT2D eigenvalue weighted by Crippen LogP contribution is -2.31. The summed E-state index contributed by atoms with van der Waals surface area (Å²) in [5, 5.41) is 0. The molecule has 0 heterocycles. The van der Waals surface area contributed by atoms with Crippen LogP contribution in [0.15, 0.2) is 42.5 Å². The van der Waals surface area contributed by atoms with Crippen molar-refractivity contribution in [2.24, 2.45) is 0 Å². The van der Waals surface area contributed by atoms with Crippen LogP contribution in [-0.4, -0.2) is 12.3 Å². The lowest BCUT2D eigenvalue weighted by molar-refractivity contribution is 0.0265. The van der Waals surface area contributed by atoms with Crippen molar-refractivity contribution in [3.8, 4) is 0 Å². The molecule has 2 rings (SSSR count). The van der Waals surface area contributed by atoms with E-state index in [2.05, 4.69) is 0 Å². The molecule has 74 valence electrons. The van der Waals surface area contributed by atoms with E-state index in [1.54, 1.807) is 6.08 Å². The minimum absolute atomic E-state index is 0.165. The zero-order valence-corrected chi connectivity index (χ0v) is 7.95. The first-order valence-corrected chi connectivity index (χ1v) is 4.77. The average molecular weight is 192 g/mol. The second-order valence-corrected chi connectivity index (χ2v) is 3.62. The van der Waals surface area contributed by atoms with Crippen LogP contribution in [-0.2, 0) is 11.3 Å². The fourth-order valence-corrected chi connectivity index (χ4v) is 1.39. The van der Waals surface area contributed by atoms with Crippen molar-refractivity contribution >= 4 is 0 Å². The van der Waals surface area contributed by atoms with Gasteiger partial charge >= 0.3 is 0 Å². The van der Waals surface area contributed by atoms with Crippen LogP contribution < -0.4 is 0 Å². The van der Waals surface area contributed by atoms with E-state index in [4.69, 9.17) is 4.74 Å². The Labute approximate surface area is 83.2 Å². The quantitative estimate of drug-likeness (QED) is 0.666. The molecule has 0 radical (unpaired) electrons. The van der Waals surface area contributed by atoms with Gasteiger partial charge in [0.1, 0.15) is 0 Å². The van der Waals surface area contributed by atoms with Crippen LogP contribution in [0.3, 0.4) is 0 Å². The Balaban J connectivity index is 1.76. The van der Waals surface area contributed by atoms with Crippen LogP contribution >= 0.6 is 0 Å². The number of rotatable bonds is 4. The van der Waals surface area contributed by atoms with Crippen molar-refractivity contribution in [2.75, 3.05) is 6.61 Å². The highest BCUT2D eigenvalue weighted by Crippen LogP contribution is 2.27. The molecule has 0 N–H and O–H groups in total. The molecular formula is C12H13FO. The molecule has 2 heteroatoms. The Morgan fingerprint density at radius 1 is 1.29 bits per heavy atom. The first kappa shape index (κ1) is 9.41. The summed E-state index contributed by atoms with van der Waals surface area (Å²) in [5.74, 6) is 0. The Bertz CT molecular complexity index is 320. The number of alkyl halides is 1. The normalized spacial score (nSPS) is 24.6. The summed E-state index contributed by atoms with van der Waals surface area (Å²) in [7, 11) is 0. The maximum absolute atomic E-state index is 13.4. The van der Waals surface area contributed by atoms with Gasteiger partial charge in [-0.15, -0.1) is 0 Å². The summed E-state index contributed by atoms with van der Waals surface area (Å²) in [6, 6.07) is 9.80. The highest BCUT2D eigenvalue weighted by molar-refractivity contribution is 5.16. The summed E-state index contributed by atoms with van der Waals surface area (Å²) in [6.07, 6.45) is 3.88. The maximum atomic E-state index is 13.4. The second kappa shape index (κ2) is 3.93. The van der Waals surface area contributed by atoms with Gasteiger partial charge in [-0.2, -0.15) is 0 Å². The molecule has 0 saturated carbocycles. The number of halogens is 1. The first-order valence-electron chi connectivity index (χ1n) is 4.77. The van der Waals surface area contributed by atoms with Gasteiger partial charge in [0, 0.05) is 6.42 Å². The maximum Gasteiger partial charge on any atom is 0.155 e. The second-order valence-electron chi connectivity index (χ2n) is 3.62. The molecule has 1 aromatic rings. The lowest BCUT2D eigenvalue weighted by Gasteiger charge is -2.26. The Morgan fingerprint density at radius 2 is 2.00 bits per heavy atom. The van der Waals surface area contributed by atoms with Crippen LogP contribution in [0.25, 0.3) is 0 Å². The average Bonchev–Trinajstić information content (AvgIpc) is 2.17. The molecular weight excluding hydrogens is 179 g/mol. The highest BCUT2D eigenvalue weighted by Gasteiger charge is 2.31. The van der Waals surface area contributed by atoms with Gasteiger partial charge in [0.15, 0.2) is 5.67 Å². The van der Waals surface area contributed by atoms with Crippen LogP contribution in [0.5, 0.6) is 0 Å². The van der Waals surface area contributed by atoms with Crippen molar-refractivity contribution in [1.29, 1.82) is 0 Å². The van der Waals surface area contributed by atoms with Gasteiger partial charge in [0.2, 0.25) is 0 Å². The summed E-state index contributed by atoms with van der Waals surface area (Å²) in [4.78, 5) is 0. The molecule has 1 aliphatic carbocycles. The van der Waals surface area contributed by atoms with Crippen LogP contribution in [0, 0.1) is 0 Å². The first-order chi connectivity index (χ1) is 6.79. The van der Waals surface area contributed by atoms with E-state index in [0.717, 1.165) is 5.56 Å². The van der Waals surface area contributed by atoms with Crippen LogP contribution in [0.2, 0.25) is 0 Å². The van der Waals surface area contributed by atoms with Crippen molar-refractivity contribution in [3.63, 3.8) is 0 Å². The molecule has 1 aliphatic rings. The Morgan fingerprint density at radius 3 is 2.57 bits per heavy atom. The number of benzene rings is 1. The molecule has 0 amide bonds. The molecule has 0 aliphatic heterocycles. The fourth-order valence-electron chi connectivity index (χ4n) is 1.39. The zero-order valence-electron chi connectivity index (χ0n) is 7.95. The molecule has 1 atom stereocenters. The molecule has 0 aromatic heterocycles. The lowest BCUT2D eigenvalue weighted by atomic mass is 9.93. The molecule has 0 spiro atoms. The predicted octanol–water partition coefficient (Wildman–Crippen LogP) is 2.87. The van der Waals surface area contributed by atoms with Gasteiger partial charge in [-0.1, -0.05) is 36.4 Å². The van der Waals surface area contributed by atoms with E-state index in [1.165, 1.54) is 0 Å². The molecule has 14 heavy (non-hydrogen) atoms. The minimum atomic E-state index is -1.20. The van der Waals surface area contributed by atoms with Gasteiger partial charge in [-0.05, 0) is 11.6 Å². The number of allylic oxidation sites excluding steroid dienone is 1. The summed E-state index contributed by atoms with van der Waals surface area (Å²) in [6.45, 7) is 0.652. The Hall–Kier alpha value is -1.15. The number of hydrogen-bond donors (Lipinski definition) is 0. The molecule has 0 bridgehead atoms. The van der Waals surface area contributed by atoms with Crippen molar-refractivity contribution in [1.82, 2.24) is 0 Å². The summed E-state index contributed by atoms with van der Waals surface area (Å²) < 4.78 is 18.7. The predicted molar refractivity (Wildman–Crippen MR) is 53.7 cm³/mol. The molecule has 0 saturated heterocycles. The third-order valence-electron chi connectivity index (χ3n) is 2.33. The van der Waals surface area contributed by atoms with Gasteiger partial charge in [0.05, 0.1) is 13.2 Å². The van der Waals surface area contributed by atoms with Crippen LogP contribution in [0.1, 0.15) is 12.0 Å². The smallest absolute Gasteiger partial charge is 0.155 e. The topological polar surface area (TPSA) is 9.23 Å².